The summed E-state index contributed by atoms with van der Waals surface area (Å²) in [7, 11) is 0. The van der Waals surface area contributed by atoms with Gasteiger partial charge in [-0.25, -0.2) is 9.97 Å². The zero-order valence-corrected chi connectivity index (χ0v) is 15.8. The molecule has 2 aromatic heterocycles. The molecule has 6 heteroatoms. The van der Waals surface area contributed by atoms with E-state index in [4.69, 9.17) is 17.3 Å². The van der Waals surface area contributed by atoms with E-state index in [1.807, 2.05) is 42.9 Å². The Hall–Kier alpha value is -2.50. The predicted molar refractivity (Wildman–Crippen MR) is 108 cm³/mol. The van der Waals surface area contributed by atoms with Crippen LogP contribution in [0.5, 0.6) is 0 Å². The molecule has 0 unspecified atom stereocenters. The number of benzene rings is 1. The Bertz CT molecular complexity index is 898. The maximum Gasteiger partial charge on any atom is 0.220 e. The van der Waals surface area contributed by atoms with Crippen molar-refractivity contribution in [1.29, 1.82) is 0 Å². The minimum absolute atomic E-state index is 0.328. The maximum atomic E-state index is 6.05. The topological polar surface area (TPSA) is 67.9 Å². The van der Waals surface area contributed by atoms with Gasteiger partial charge in [0.25, 0.3) is 0 Å². The highest BCUT2D eigenvalue weighted by atomic mass is 35.5. The lowest BCUT2D eigenvalue weighted by atomic mass is 9.89. The summed E-state index contributed by atoms with van der Waals surface area (Å²) in [5, 5.41) is 0.720. The third-order valence-corrected chi connectivity index (χ3v) is 5.29. The average molecular weight is 380 g/mol. The first kappa shape index (κ1) is 17.9. The largest absolute Gasteiger partial charge is 0.368 e. The number of piperidine rings is 1. The van der Waals surface area contributed by atoms with Gasteiger partial charge in [0.15, 0.2) is 0 Å². The van der Waals surface area contributed by atoms with Gasteiger partial charge in [0, 0.05) is 48.2 Å². The summed E-state index contributed by atoms with van der Waals surface area (Å²) in [5.41, 5.74) is 10.4. The van der Waals surface area contributed by atoms with Crippen LogP contribution in [0.25, 0.3) is 11.1 Å². The lowest BCUT2D eigenvalue weighted by Crippen LogP contribution is -2.34. The number of nitrogens with zero attached hydrogens (tertiary/aromatic N) is 4. The molecule has 3 heterocycles. The predicted octanol–water partition coefficient (Wildman–Crippen LogP) is 4.15. The van der Waals surface area contributed by atoms with Gasteiger partial charge in [0.2, 0.25) is 5.95 Å². The van der Waals surface area contributed by atoms with Gasteiger partial charge >= 0.3 is 0 Å². The molecule has 1 aliphatic heterocycles. The van der Waals surface area contributed by atoms with Crippen molar-refractivity contribution in [3.05, 3.63) is 71.3 Å². The fourth-order valence-corrected chi connectivity index (χ4v) is 3.87. The van der Waals surface area contributed by atoms with Crippen LogP contribution in [0, 0.1) is 0 Å². The summed E-state index contributed by atoms with van der Waals surface area (Å²) in [4.78, 5) is 15.5. The maximum absolute atomic E-state index is 6.05. The van der Waals surface area contributed by atoms with E-state index >= 15 is 0 Å². The third-order valence-electron chi connectivity index (χ3n) is 5.04. The zero-order chi connectivity index (χ0) is 18.6. The van der Waals surface area contributed by atoms with Crippen LogP contribution in [0.15, 0.2) is 55.0 Å². The second-order valence-electron chi connectivity index (χ2n) is 6.96. The lowest BCUT2D eigenvalue weighted by molar-refractivity contribution is 0.198. The van der Waals surface area contributed by atoms with E-state index in [9.17, 15) is 0 Å². The van der Waals surface area contributed by atoms with E-state index in [0.717, 1.165) is 54.3 Å². The average Bonchev–Trinajstić information content (AvgIpc) is 2.70. The minimum atomic E-state index is 0.328. The molecule has 0 bridgehead atoms. The second kappa shape index (κ2) is 8.03. The number of pyridine rings is 1. The molecular weight excluding hydrogens is 358 g/mol. The van der Waals surface area contributed by atoms with Crippen LogP contribution in [0.3, 0.4) is 0 Å². The number of aromatic nitrogens is 3. The van der Waals surface area contributed by atoms with E-state index in [-0.39, 0.29) is 0 Å². The Kier molecular flexibility index (Phi) is 5.32. The number of anilines is 1. The van der Waals surface area contributed by atoms with Gasteiger partial charge in [-0.15, -0.1) is 0 Å². The summed E-state index contributed by atoms with van der Waals surface area (Å²) in [6.45, 7) is 2.98. The van der Waals surface area contributed by atoms with Crippen molar-refractivity contribution in [1.82, 2.24) is 19.9 Å². The van der Waals surface area contributed by atoms with E-state index in [0.29, 0.717) is 11.9 Å². The summed E-state index contributed by atoms with van der Waals surface area (Å²) < 4.78 is 0. The molecule has 27 heavy (non-hydrogen) atoms. The molecule has 1 saturated heterocycles. The molecule has 0 radical (unpaired) electrons. The van der Waals surface area contributed by atoms with Crippen LogP contribution in [-0.2, 0) is 6.54 Å². The molecule has 1 fully saturated rings. The van der Waals surface area contributed by atoms with Gasteiger partial charge in [-0.1, -0.05) is 23.7 Å². The highest BCUT2D eigenvalue weighted by Gasteiger charge is 2.25. The lowest BCUT2D eigenvalue weighted by Gasteiger charge is -2.33. The number of likely N-dealkylation sites (tertiary alicyclic amines) is 1. The van der Waals surface area contributed by atoms with Crippen molar-refractivity contribution >= 4 is 17.5 Å². The summed E-state index contributed by atoms with van der Waals surface area (Å²) >= 11 is 6.05. The summed E-state index contributed by atoms with van der Waals surface area (Å²) in [5.74, 6) is 0.658. The molecule has 1 aliphatic rings. The van der Waals surface area contributed by atoms with Crippen molar-refractivity contribution in [3.8, 4) is 11.1 Å². The normalized spacial score (nSPS) is 17.7. The first-order valence-electron chi connectivity index (χ1n) is 9.18. The van der Waals surface area contributed by atoms with E-state index < -0.39 is 0 Å². The van der Waals surface area contributed by atoms with Gasteiger partial charge < -0.3 is 5.73 Å². The quantitative estimate of drug-likeness (QED) is 0.737. The molecule has 2 N–H and O–H groups in total. The number of nitrogens with two attached hydrogens (primary N) is 1. The fourth-order valence-electron chi connectivity index (χ4n) is 3.74. The van der Waals surface area contributed by atoms with Crippen molar-refractivity contribution in [2.75, 3.05) is 18.8 Å². The van der Waals surface area contributed by atoms with Gasteiger partial charge in [0.1, 0.15) is 0 Å². The number of halogens is 1. The molecule has 0 aliphatic carbocycles. The van der Waals surface area contributed by atoms with Crippen LogP contribution < -0.4 is 5.73 Å². The van der Waals surface area contributed by atoms with E-state index in [1.54, 1.807) is 0 Å². The van der Waals surface area contributed by atoms with Gasteiger partial charge in [-0.2, -0.15) is 0 Å². The van der Waals surface area contributed by atoms with E-state index in [1.165, 1.54) is 5.56 Å². The van der Waals surface area contributed by atoms with Gasteiger partial charge in [-0.05, 0) is 54.8 Å². The standard InChI is InChI=1S/C21H22ClN5/c22-18-5-3-16(4-6-18)19-12-25-21(23)26-20(19)17-2-1-11-27(14-17)13-15-7-9-24-10-8-15/h3-10,12,17H,1-2,11,13-14H2,(H2,23,25,26)/t17-/m1/s1. The monoisotopic (exact) mass is 379 g/mol. The number of nitrogen functional groups attached to an aromatic ring is 1. The number of rotatable bonds is 4. The molecule has 4 rings (SSSR count). The Morgan fingerprint density at radius 2 is 1.89 bits per heavy atom. The molecule has 138 valence electrons. The second-order valence-corrected chi connectivity index (χ2v) is 7.40. The minimum Gasteiger partial charge on any atom is -0.368 e. The first-order chi connectivity index (χ1) is 13.2. The van der Waals surface area contributed by atoms with Crippen LogP contribution in [0.4, 0.5) is 5.95 Å². The molecule has 0 saturated carbocycles. The Morgan fingerprint density at radius 1 is 1.11 bits per heavy atom. The number of hydrogen-bond acceptors (Lipinski definition) is 5. The molecule has 5 nitrogen and oxygen atoms in total. The fraction of sp³-hybridized carbons (Fsp3) is 0.286. The Labute approximate surface area is 164 Å². The highest BCUT2D eigenvalue weighted by molar-refractivity contribution is 6.30. The van der Waals surface area contributed by atoms with Crippen LogP contribution in [0.1, 0.15) is 30.0 Å². The molecule has 1 atom stereocenters. The van der Waals surface area contributed by atoms with Gasteiger partial charge in [-0.3, -0.25) is 9.88 Å². The highest BCUT2D eigenvalue weighted by Crippen LogP contribution is 2.34. The third kappa shape index (κ3) is 4.26. The Morgan fingerprint density at radius 3 is 2.67 bits per heavy atom. The first-order valence-corrected chi connectivity index (χ1v) is 9.56. The van der Waals surface area contributed by atoms with E-state index in [2.05, 4.69) is 32.0 Å². The molecule has 0 amide bonds. The summed E-state index contributed by atoms with van der Waals surface area (Å²) in [6, 6.07) is 12.0. The van der Waals surface area contributed by atoms with Crippen LogP contribution in [-0.4, -0.2) is 32.9 Å². The smallest absolute Gasteiger partial charge is 0.220 e. The number of hydrogen-bond donors (Lipinski definition) is 1. The van der Waals surface area contributed by atoms with Gasteiger partial charge in [0.05, 0.1) is 5.69 Å². The molecule has 1 aromatic carbocycles. The van der Waals surface area contributed by atoms with Crippen molar-refractivity contribution in [2.45, 2.75) is 25.3 Å². The molecule has 3 aromatic rings. The molecular formula is C21H22ClN5. The van der Waals surface area contributed by atoms with Crippen molar-refractivity contribution in [3.63, 3.8) is 0 Å². The molecule has 0 spiro atoms. The SMILES string of the molecule is Nc1ncc(-c2ccc(Cl)cc2)c([C@@H]2CCCN(Cc3ccncc3)C2)n1. The van der Waals surface area contributed by atoms with Crippen LogP contribution in [0.2, 0.25) is 5.02 Å². The summed E-state index contributed by atoms with van der Waals surface area (Å²) in [6.07, 6.45) is 7.77. The zero-order valence-electron chi connectivity index (χ0n) is 15.1. The van der Waals surface area contributed by atoms with Crippen LogP contribution >= 0.6 is 11.6 Å². The van der Waals surface area contributed by atoms with Crippen molar-refractivity contribution < 1.29 is 0 Å². The Balaban J connectivity index is 1.60. The van der Waals surface area contributed by atoms with Crippen molar-refractivity contribution in [2.24, 2.45) is 0 Å².